The van der Waals surface area contributed by atoms with E-state index in [1.165, 1.54) is 0 Å². The highest BCUT2D eigenvalue weighted by Crippen LogP contribution is 2.41. The summed E-state index contributed by atoms with van der Waals surface area (Å²) in [5.74, 6) is -1.26. The Morgan fingerprint density at radius 2 is 1.63 bits per heavy atom. The van der Waals surface area contributed by atoms with Gasteiger partial charge in [-0.3, -0.25) is 23.9 Å². The van der Waals surface area contributed by atoms with Crippen molar-refractivity contribution in [1.29, 1.82) is 0 Å². The number of nitrogens with zero attached hydrogens (tertiary/aromatic N) is 1. The smallest absolute Gasteiger partial charge is 0.330 e. The summed E-state index contributed by atoms with van der Waals surface area (Å²) in [6.45, 7) is 3.53. The van der Waals surface area contributed by atoms with Gasteiger partial charge in [0.25, 0.3) is 5.56 Å². The number of hydrogen-bond donors (Lipinski definition) is 3. The van der Waals surface area contributed by atoms with Gasteiger partial charge in [0.2, 0.25) is 5.60 Å². The van der Waals surface area contributed by atoms with E-state index in [4.69, 9.17) is 9.47 Å². The molecule has 1 aromatic heterocycles. The van der Waals surface area contributed by atoms with Crippen molar-refractivity contribution in [2.45, 2.75) is 115 Å². The molecule has 0 radical (unpaired) electrons. The summed E-state index contributed by atoms with van der Waals surface area (Å²) in [5.41, 5.74) is -3.95. The van der Waals surface area contributed by atoms with Gasteiger partial charge in [-0.25, -0.2) is 4.79 Å². The van der Waals surface area contributed by atoms with Crippen LogP contribution >= 0.6 is 0 Å². The van der Waals surface area contributed by atoms with Gasteiger partial charge in [0.05, 0.1) is 6.61 Å². The van der Waals surface area contributed by atoms with E-state index in [0.29, 0.717) is 12.8 Å². The van der Waals surface area contributed by atoms with E-state index < -0.39 is 53.6 Å². The minimum atomic E-state index is -2.40. The molecule has 0 aromatic carbocycles. The topological polar surface area (TPSA) is 148 Å². The maximum atomic E-state index is 13.4. The highest BCUT2D eigenvalue weighted by Gasteiger charge is 2.63. The molecule has 4 atom stereocenters. The second-order valence-corrected chi connectivity index (χ2v) is 9.21. The summed E-state index contributed by atoms with van der Waals surface area (Å²) in [6.07, 6.45) is 5.79. The first-order chi connectivity index (χ1) is 16.8. The average molecular weight is 497 g/mol. The Hall–Kier alpha value is -2.30. The molecule has 0 saturated carbocycles. The van der Waals surface area contributed by atoms with Gasteiger partial charge in [0.1, 0.15) is 6.10 Å². The van der Waals surface area contributed by atoms with E-state index in [2.05, 4.69) is 18.8 Å². The van der Waals surface area contributed by atoms with Gasteiger partial charge in [0, 0.05) is 25.1 Å². The molecule has 0 aliphatic carbocycles. The SMILES string of the molecule is CCCCCCCC(=O)O[C@@H]1[C@@H](CO)O[C@@H](n2ccc(=O)[nH]c2=O)[C@@]1(O)C(=O)CCCCCCC. The minimum Gasteiger partial charge on any atom is -0.456 e. The lowest BCUT2D eigenvalue weighted by atomic mass is 9.86. The first kappa shape index (κ1) is 28.9. The number of aliphatic hydroxyl groups is 2. The van der Waals surface area contributed by atoms with Crippen LogP contribution in [0, 0.1) is 0 Å². The predicted molar refractivity (Wildman–Crippen MR) is 129 cm³/mol. The number of Topliss-reactive ketones (excluding diaryl/α,β-unsaturated/α-hetero) is 1. The summed E-state index contributed by atoms with van der Waals surface area (Å²) < 4.78 is 12.1. The van der Waals surface area contributed by atoms with Gasteiger partial charge in [0.15, 0.2) is 18.1 Å². The van der Waals surface area contributed by atoms with Gasteiger partial charge in [-0.15, -0.1) is 0 Å². The highest BCUT2D eigenvalue weighted by atomic mass is 16.6. The number of hydrogen-bond acceptors (Lipinski definition) is 8. The Kier molecular flexibility index (Phi) is 11.8. The molecule has 10 heteroatoms. The number of ether oxygens (including phenoxy) is 2. The second-order valence-electron chi connectivity index (χ2n) is 9.21. The number of ketones is 1. The molecule has 1 fully saturated rings. The van der Waals surface area contributed by atoms with E-state index in [9.17, 15) is 29.4 Å². The molecular weight excluding hydrogens is 456 g/mol. The molecule has 1 aliphatic heterocycles. The van der Waals surface area contributed by atoms with Crippen molar-refractivity contribution in [1.82, 2.24) is 9.55 Å². The summed E-state index contributed by atoms with van der Waals surface area (Å²) in [7, 11) is 0. The Balaban J connectivity index is 2.27. The average Bonchev–Trinajstić information content (AvgIpc) is 3.11. The van der Waals surface area contributed by atoms with Crippen LogP contribution in [-0.4, -0.2) is 55.9 Å². The van der Waals surface area contributed by atoms with E-state index >= 15 is 0 Å². The number of H-pyrrole nitrogens is 1. The first-order valence-corrected chi connectivity index (χ1v) is 12.8. The third kappa shape index (κ3) is 7.59. The van der Waals surface area contributed by atoms with Crippen LogP contribution < -0.4 is 11.2 Å². The fourth-order valence-corrected chi connectivity index (χ4v) is 4.42. The van der Waals surface area contributed by atoms with Gasteiger partial charge in [-0.2, -0.15) is 0 Å². The number of esters is 1. The second kappa shape index (κ2) is 14.3. The number of aromatic nitrogens is 2. The van der Waals surface area contributed by atoms with Gasteiger partial charge >= 0.3 is 11.7 Å². The van der Waals surface area contributed by atoms with Crippen LogP contribution in [0.5, 0.6) is 0 Å². The fourth-order valence-electron chi connectivity index (χ4n) is 4.42. The lowest BCUT2D eigenvalue weighted by Crippen LogP contribution is -2.56. The Labute approximate surface area is 205 Å². The standard InChI is InChI=1S/C25H40N2O8/c1-3-5-7-9-11-13-19(29)25(33)22(35-21(31)14-12-10-8-6-4-2)18(17-28)34-23(25)27-16-15-20(30)26-24(27)32/h15-16,18,22-23,28,33H,3-14,17H2,1-2H3,(H,26,30,32)/t18-,22-,23-,25-/m1/s1. The molecule has 1 aromatic rings. The third-order valence-electron chi connectivity index (χ3n) is 6.43. The zero-order valence-corrected chi connectivity index (χ0v) is 20.9. The van der Waals surface area contributed by atoms with Crippen molar-refractivity contribution >= 4 is 11.8 Å². The number of carbonyl (C=O) groups excluding carboxylic acids is 2. The van der Waals surface area contributed by atoms with Crippen molar-refractivity contribution in [3.63, 3.8) is 0 Å². The minimum absolute atomic E-state index is 0.0125. The maximum absolute atomic E-state index is 13.4. The fraction of sp³-hybridized carbons (Fsp3) is 0.760. The zero-order chi connectivity index (χ0) is 25.8. The lowest BCUT2D eigenvalue weighted by molar-refractivity contribution is -0.173. The molecule has 1 aliphatic rings. The van der Waals surface area contributed by atoms with Crippen LogP contribution in [0.1, 0.15) is 97.1 Å². The van der Waals surface area contributed by atoms with Gasteiger partial charge < -0.3 is 19.7 Å². The van der Waals surface area contributed by atoms with Gasteiger partial charge in [-0.05, 0) is 12.8 Å². The van der Waals surface area contributed by atoms with Crippen LogP contribution in [-0.2, 0) is 19.1 Å². The third-order valence-corrected chi connectivity index (χ3v) is 6.43. The largest absolute Gasteiger partial charge is 0.456 e. The monoisotopic (exact) mass is 496 g/mol. The Morgan fingerprint density at radius 3 is 2.20 bits per heavy atom. The Bertz CT molecular complexity index is 927. The van der Waals surface area contributed by atoms with Crippen LogP contribution in [0.4, 0.5) is 0 Å². The summed E-state index contributed by atoms with van der Waals surface area (Å²) in [5, 5.41) is 21.6. The zero-order valence-electron chi connectivity index (χ0n) is 20.9. The number of unbranched alkanes of at least 4 members (excludes halogenated alkanes) is 8. The van der Waals surface area contributed by atoms with E-state index in [0.717, 1.165) is 68.2 Å². The quantitative estimate of drug-likeness (QED) is 0.233. The van der Waals surface area contributed by atoms with Crippen molar-refractivity contribution < 1.29 is 29.3 Å². The van der Waals surface area contributed by atoms with E-state index in [1.807, 2.05) is 0 Å². The molecule has 2 heterocycles. The van der Waals surface area contributed by atoms with Crippen molar-refractivity contribution in [2.75, 3.05) is 6.61 Å². The summed E-state index contributed by atoms with van der Waals surface area (Å²) in [6, 6.07) is 1.06. The molecule has 198 valence electrons. The molecule has 0 unspecified atom stereocenters. The molecule has 35 heavy (non-hydrogen) atoms. The molecular formula is C25H40N2O8. The summed E-state index contributed by atoms with van der Waals surface area (Å²) in [4.78, 5) is 52.0. The lowest BCUT2D eigenvalue weighted by Gasteiger charge is -2.32. The number of carbonyl (C=O) groups is 2. The number of rotatable bonds is 16. The van der Waals surface area contributed by atoms with Crippen molar-refractivity contribution in [3.05, 3.63) is 33.1 Å². The predicted octanol–water partition coefficient (Wildman–Crippen LogP) is 2.36. The highest BCUT2D eigenvalue weighted by molar-refractivity contribution is 5.89. The number of nitrogens with one attached hydrogen (secondary N) is 1. The van der Waals surface area contributed by atoms with Crippen LogP contribution in [0.25, 0.3) is 0 Å². The van der Waals surface area contributed by atoms with Crippen LogP contribution in [0.2, 0.25) is 0 Å². The molecule has 0 spiro atoms. The molecule has 10 nitrogen and oxygen atoms in total. The van der Waals surface area contributed by atoms with Crippen molar-refractivity contribution in [3.8, 4) is 0 Å². The number of aliphatic hydroxyl groups excluding tert-OH is 1. The normalized spacial score (nSPS) is 23.9. The molecule has 0 amide bonds. The Morgan fingerprint density at radius 1 is 1.03 bits per heavy atom. The maximum Gasteiger partial charge on any atom is 0.330 e. The number of aromatic amines is 1. The molecule has 2 rings (SSSR count). The first-order valence-electron chi connectivity index (χ1n) is 12.8. The molecule has 0 bridgehead atoms. The molecule has 3 N–H and O–H groups in total. The van der Waals surface area contributed by atoms with Gasteiger partial charge in [-0.1, -0.05) is 65.2 Å². The molecule has 1 saturated heterocycles. The van der Waals surface area contributed by atoms with Crippen molar-refractivity contribution in [2.24, 2.45) is 0 Å². The van der Waals surface area contributed by atoms with Crippen LogP contribution in [0.15, 0.2) is 21.9 Å². The van der Waals surface area contributed by atoms with E-state index in [1.54, 1.807) is 0 Å². The van der Waals surface area contributed by atoms with Crippen LogP contribution in [0.3, 0.4) is 0 Å². The summed E-state index contributed by atoms with van der Waals surface area (Å²) >= 11 is 0. The van der Waals surface area contributed by atoms with E-state index in [-0.39, 0.29) is 12.8 Å².